The molecule has 0 atom stereocenters. The van der Waals surface area contributed by atoms with Crippen molar-refractivity contribution in [1.82, 2.24) is 4.98 Å². The van der Waals surface area contributed by atoms with Gasteiger partial charge in [0, 0.05) is 19.2 Å². The molecule has 0 aromatic carbocycles. The average Bonchev–Trinajstić information content (AvgIpc) is 2.48. The van der Waals surface area contributed by atoms with Gasteiger partial charge in [-0.25, -0.2) is 4.98 Å². The van der Waals surface area contributed by atoms with Crippen molar-refractivity contribution in [2.45, 2.75) is 12.8 Å². The van der Waals surface area contributed by atoms with Gasteiger partial charge in [0.1, 0.15) is 0 Å². The van der Waals surface area contributed by atoms with Crippen LogP contribution in [0.2, 0.25) is 0 Å². The highest BCUT2D eigenvalue weighted by Crippen LogP contribution is 2.11. The predicted molar refractivity (Wildman–Crippen MR) is 42.9 cm³/mol. The molecule has 1 heterocycles. The average molecular weight is 171 g/mol. The largest absolute Gasteiger partial charge is 0.396 e. The monoisotopic (exact) mass is 171 g/mol. The summed E-state index contributed by atoms with van der Waals surface area (Å²) in [6.45, 7) is 0.177. The number of thiazole rings is 1. The second-order valence-corrected chi connectivity index (χ2v) is 3.25. The maximum absolute atomic E-state index is 10.2. The molecule has 0 fully saturated rings. The van der Waals surface area contributed by atoms with E-state index in [1.54, 1.807) is 6.20 Å². The van der Waals surface area contributed by atoms with Crippen LogP contribution in [0, 0.1) is 0 Å². The Balaban J connectivity index is 2.51. The van der Waals surface area contributed by atoms with E-state index in [1.807, 2.05) is 0 Å². The minimum Gasteiger partial charge on any atom is -0.396 e. The zero-order chi connectivity index (χ0) is 8.10. The van der Waals surface area contributed by atoms with E-state index in [0.29, 0.717) is 11.3 Å². The van der Waals surface area contributed by atoms with Crippen molar-refractivity contribution in [1.29, 1.82) is 0 Å². The van der Waals surface area contributed by atoms with Gasteiger partial charge in [-0.2, -0.15) is 0 Å². The number of aromatic nitrogens is 1. The minimum atomic E-state index is 0.177. The molecule has 1 aromatic heterocycles. The molecule has 11 heavy (non-hydrogen) atoms. The Bertz CT molecular complexity index is 234. The first kappa shape index (κ1) is 8.36. The molecule has 0 spiro atoms. The first-order valence-electron chi connectivity index (χ1n) is 3.37. The minimum absolute atomic E-state index is 0.177. The van der Waals surface area contributed by atoms with Crippen molar-refractivity contribution < 1.29 is 9.90 Å². The third kappa shape index (κ3) is 2.40. The van der Waals surface area contributed by atoms with Crippen LogP contribution in [-0.4, -0.2) is 23.0 Å². The van der Waals surface area contributed by atoms with Crippen molar-refractivity contribution in [3.05, 3.63) is 16.1 Å². The van der Waals surface area contributed by atoms with E-state index in [4.69, 9.17) is 5.11 Å². The molecule has 0 amide bonds. The smallest absolute Gasteiger partial charge is 0.161 e. The van der Waals surface area contributed by atoms with E-state index in [1.165, 1.54) is 11.3 Å². The van der Waals surface area contributed by atoms with Gasteiger partial charge in [-0.1, -0.05) is 0 Å². The Hall–Kier alpha value is -0.740. The van der Waals surface area contributed by atoms with E-state index in [2.05, 4.69) is 4.98 Å². The maximum Gasteiger partial charge on any atom is 0.161 e. The Kier molecular flexibility index (Phi) is 3.19. The third-order valence-electron chi connectivity index (χ3n) is 1.24. The normalized spacial score (nSPS) is 9.91. The van der Waals surface area contributed by atoms with Crippen LogP contribution in [0.1, 0.15) is 21.1 Å². The molecule has 60 valence electrons. The Labute approximate surface area is 68.7 Å². The molecule has 0 saturated carbocycles. The quantitative estimate of drug-likeness (QED) is 0.684. The maximum atomic E-state index is 10.2. The number of aliphatic hydroxyl groups is 1. The third-order valence-corrected chi connectivity index (χ3v) is 2.22. The van der Waals surface area contributed by atoms with Crippen LogP contribution in [0.25, 0.3) is 0 Å². The van der Waals surface area contributed by atoms with Gasteiger partial charge >= 0.3 is 0 Å². The Morgan fingerprint density at radius 2 is 2.55 bits per heavy atom. The first-order valence-corrected chi connectivity index (χ1v) is 4.19. The Morgan fingerprint density at radius 1 is 1.73 bits per heavy atom. The standard InChI is InChI=1S/C7H9NO2S/c9-3-1-2-7-8-4-6(5-10)11-7/h4-5,9H,1-3H2. The number of carbonyl (C=O) groups excluding carboxylic acids is 1. The zero-order valence-electron chi connectivity index (χ0n) is 5.99. The molecule has 1 aromatic rings. The molecule has 4 heteroatoms. The van der Waals surface area contributed by atoms with E-state index < -0.39 is 0 Å². The van der Waals surface area contributed by atoms with E-state index in [0.717, 1.165) is 17.7 Å². The fourth-order valence-electron chi connectivity index (χ4n) is 0.725. The highest BCUT2D eigenvalue weighted by Gasteiger charge is 1.99. The fourth-order valence-corrected chi connectivity index (χ4v) is 1.50. The highest BCUT2D eigenvalue weighted by atomic mass is 32.1. The van der Waals surface area contributed by atoms with Gasteiger partial charge in [-0.3, -0.25) is 4.79 Å². The number of hydrogen-bond donors (Lipinski definition) is 1. The molecular weight excluding hydrogens is 162 g/mol. The van der Waals surface area contributed by atoms with E-state index in [9.17, 15) is 4.79 Å². The van der Waals surface area contributed by atoms with Gasteiger partial charge in [0.05, 0.1) is 9.88 Å². The lowest BCUT2D eigenvalue weighted by Crippen LogP contribution is -1.86. The molecule has 0 aliphatic rings. The number of aliphatic hydroxyl groups excluding tert-OH is 1. The Morgan fingerprint density at radius 3 is 3.09 bits per heavy atom. The molecule has 0 saturated heterocycles. The summed E-state index contributed by atoms with van der Waals surface area (Å²) in [5.41, 5.74) is 0. The van der Waals surface area contributed by atoms with Gasteiger partial charge in [-0.15, -0.1) is 11.3 Å². The number of hydrogen-bond acceptors (Lipinski definition) is 4. The molecule has 1 N–H and O–H groups in total. The summed E-state index contributed by atoms with van der Waals surface area (Å²) in [6.07, 6.45) is 3.82. The predicted octanol–water partition coefficient (Wildman–Crippen LogP) is 0.880. The lowest BCUT2D eigenvalue weighted by Gasteiger charge is -1.89. The van der Waals surface area contributed by atoms with Gasteiger partial charge in [0.2, 0.25) is 0 Å². The molecule has 1 rings (SSSR count). The summed E-state index contributed by atoms with van der Waals surface area (Å²) in [5, 5.41) is 9.42. The zero-order valence-corrected chi connectivity index (χ0v) is 6.80. The van der Waals surface area contributed by atoms with Crippen LogP contribution in [0.3, 0.4) is 0 Å². The fraction of sp³-hybridized carbons (Fsp3) is 0.429. The summed E-state index contributed by atoms with van der Waals surface area (Å²) in [7, 11) is 0. The second-order valence-electron chi connectivity index (χ2n) is 2.10. The van der Waals surface area contributed by atoms with Gasteiger partial charge < -0.3 is 5.11 Å². The first-order chi connectivity index (χ1) is 5.36. The molecule has 0 radical (unpaired) electrons. The topological polar surface area (TPSA) is 50.2 Å². The van der Waals surface area contributed by atoms with Crippen molar-refractivity contribution >= 4 is 17.6 Å². The number of aldehydes is 1. The second kappa shape index (κ2) is 4.20. The summed E-state index contributed by atoms with van der Waals surface area (Å²) in [6, 6.07) is 0. The molecule has 0 aliphatic heterocycles. The van der Waals surface area contributed by atoms with Gasteiger partial charge in [-0.05, 0) is 6.42 Å². The SMILES string of the molecule is O=Cc1cnc(CCCO)s1. The van der Waals surface area contributed by atoms with Crippen molar-refractivity contribution in [2.75, 3.05) is 6.61 Å². The van der Waals surface area contributed by atoms with Crippen molar-refractivity contribution in [2.24, 2.45) is 0 Å². The van der Waals surface area contributed by atoms with Crippen molar-refractivity contribution in [3.8, 4) is 0 Å². The summed E-state index contributed by atoms with van der Waals surface area (Å²) in [4.78, 5) is 14.9. The van der Waals surface area contributed by atoms with Gasteiger partial charge in [0.15, 0.2) is 6.29 Å². The molecule has 0 bridgehead atoms. The van der Waals surface area contributed by atoms with E-state index in [-0.39, 0.29) is 6.61 Å². The van der Waals surface area contributed by atoms with Crippen LogP contribution in [0.15, 0.2) is 6.20 Å². The van der Waals surface area contributed by atoms with Gasteiger partial charge in [0.25, 0.3) is 0 Å². The summed E-state index contributed by atoms with van der Waals surface area (Å²) in [5.74, 6) is 0. The van der Waals surface area contributed by atoms with Crippen LogP contribution < -0.4 is 0 Å². The molecule has 0 aliphatic carbocycles. The lowest BCUT2D eigenvalue weighted by molar-refractivity contribution is 0.112. The molecule has 3 nitrogen and oxygen atoms in total. The van der Waals surface area contributed by atoms with Crippen LogP contribution in [0.4, 0.5) is 0 Å². The van der Waals surface area contributed by atoms with Crippen LogP contribution in [0.5, 0.6) is 0 Å². The van der Waals surface area contributed by atoms with E-state index >= 15 is 0 Å². The summed E-state index contributed by atoms with van der Waals surface area (Å²) >= 11 is 1.38. The summed E-state index contributed by atoms with van der Waals surface area (Å²) < 4.78 is 0. The number of nitrogens with zero attached hydrogens (tertiary/aromatic N) is 1. The number of carbonyl (C=O) groups is 1. The molecular formula is C7H9NO2S. The van der Waals surface area contributed by atoms with Crippen LogP contribution in [-0.2, 0) is 6.42 Å². The number of aryl methyl sites for hydroxylation is 1. The lowest BCUT2D eigenvalue weighted by atomic mass is 10.3. The van der Waals surface area contributed by atoms with Crippen molar-refractivity contribution in [3.63, 3.8) is 0 Å². The van der Waals surface area contributed by atoms with Crippen LogP contribution >= 0.6 is 11.3 Å². The highest BCUT2D eigenvalue weighted by molar-refractivity contribution is 7.13. The number of rotatable bonds is 4. The molecule has 0 unspecified atom stereocenters.